The van der Waals surface area contributed by atoms with E-state index in [4.69, 9.17) is 23.2 Å². The van der Waals surface area contributed by atoms with Crippen molar-refractivity contribution in [3.8, 4) is 0 Å². The van der Waals surface area contributed by atoms with E-state index >= 15 is 0 Å². The molecule has 2 amide bonds. The molecule has 2 aromatic heterocycles. The molecular formula is C19H13Cl2N5O2. The van der Waals surface area contributed by atoms with Crippen LogP contribution in [0, 0.1) is 0 Å². The molecule has 1 atom stereocenters. The summed E-state index contributed by atoms with van der Waals surface area (Å²) in [6.07, 6.45) is 3.17. The van der Waals surface area contributed by atoms with Crippen LogP contribution < -0.4 is 10.6 Å². The lowest BCUT2D eigenvalue weighted by atomic mass is 9.72. The van der Waals surface area contributed by atoms with Crippen molar-refractivity contribution in [1.82, 2.24) is 14.8 Å². The summed E-state index contributed by atoms with van der Waals surface area (Å²) >= 11 is 12.1. The maximum atomic E-state index is 13.0. The second-order valence-corrected chi connectivity index (χ2v) is 7.68. The summed E-state index contributed by atoms with van der Waals surface area (Å²) in [7, 11) is 0. The standard InChI is InChI=1S/C19H13Cl2N5O2/c20-10-2-4-15-13(5-10)19(18(28)24-15)6-16(27)25-17-14(19)8-23-26(17)9-12-3-1-11(21)7-22-12/h1-5,7-8H,6,9H2,(H,24,28)(H,25,27)/t19-/m1/s1. The average molecular weight is 414 g/mol. The van der Waals surface area contributed by atoms with Crippen LogP contribution in [0.5, 0.6) is 0 Å². The molecule has 1 spiro atoms. The molecule has 0 unspecified atom stereocenters. The Morgan fingerprint density at radius 1 is 1.04 bits per heavy atom. The predicted molar refractivity (Wildman–Crippen MR) is 105 cm³/mol. The van der Waals surface area contributed by atoms with Crippen molar-refractivity contribution in [2.75, 3.05) is 10.6 Å². The van der Waals surface area contributed by atoms with Gasteiger partial charge in [-0.15, -0.1) is 0 Å². The summed E-state index contributed by atoms with van der Waals surface area (Å²) in [5.41, 5.74) is 1.55. The topological polar surface area (TPSA) is 88.9 Å². The van der Waals surface area contributed by atoms with Crippen LogP contribution in [0.1, 0.15) is 23.2 Å². The minimum atomic E-state index is -1.15. The fourth-order valence-electron chi connectivity index (χ4n) is 3.89. The lowest BCUT2D eigenvalue weighted by molar-refractivity contribution is -0.125. The number of amides is 2. The van der Waals surface area contributed by atoms with Crippen molar-refractivity contribution in [3.63, 3.8) is 0 Å². The number of halogens is 2. The fourth-order valence-corrected chi connectivity index (χ4v) is 4.17. The van der Waals surface area contributed by atoms with E-state index < -0.39 is 5.41 Å². The number of hydrogen-bond acceptors (Lipinski definition) is 4. The molecule has 0 saturated carbocycles. The number of fused-ring (bicyclic) bond motifs is 4. The third-order valence-corrected chi connectivity index (χ3v) is 5.62. The Bertz CT molecular complexity index is 1140. The first-order valence-corrected chi connectivity index (χ1v) is 9.31. The average Bonchev–Trinajstić information content (AvgIpc) is 3.18. The highest BCUT2D eigenvalue weighted by Crippen LogP contribution is 2.50. The van der Waals surface area contributed by atoms with E-state index in [0.29, 0.717) is 39.2 Å². The number of nitrogens with one attached hydrogen (secondary N) is 2. The van der Waals surface area contributed by atoms with Gasteiger partial charge in [0.05, 0.1) is 23.5 Å². The zero-order valence-electron chi connectivity index (χ0n) is 14.4. The monoisotopic (exact) mass is 413 g/mol. The molecule has 0 saturated heterocycles. The van der Waals surface area contributed by atoms with Gasteiger partial charge in [0.1, 0.15) is 11.2 Å². The smallest absolute Gasteiger partial charge is 0.240 e. The van der Waals surface area contributed by atoms with Crippen LogP contribution in [0.25, 0.3) is 0 Å². The van der Waals surface area contributed by atoms with Crippen molar-refractivity contribution in [2.24, 2.45) is 0 Å². The molecule has 2 aliphatic rings. The fraction of sp³-hybridized carbons (Fsp3) is 0.158. The molecule has 9 heteroatoms. The lowest BCUT2D eigenvalue weighted by Gasteiger charge is -2.31. The summed E-state index contributed by atoms with van der Waals surface area (Å²) in [6, 6.07) is 8.71. The first-order valence-electron chi connectivity index (χ1n) is 8.55. The van der Waals surface area contributed by atoms with Crippen LogP contribution in [0.15, 0.2) is 42.7 Å². The van der Waals surface area contributed by atoms with Crippen molar-refractivity contribution >= 4 is 46.5 Å². The minimum Gasteiger partial charge on any atom is -0.325 e. The Morgan fingerprint density at radius 2 is 1.86 bits per heavy atom. The Kier molecular flexibility index (Phi) is 3.72. The van der Waals surface area contributed by atoms with Gasteiger partial charge in [0.2, 0.25) is 11.8 Å². The molecule has 0 fully saturated rings. The van der Waals surface area contributed by atoms with Crippen LogP contribution >= 0.6 is 23.2 Å². The van der Waals surface area contributed by atoms with Gasteiger partial charge in [-0.1, -0.05) is 23.2 Å². The van der Waals surface area contributed by atoms with E-state index in [-0.39, 0.29) is 18.2 Å². The van der Waals surface area contributed by atoms with Gasteiger partial charge in [-0.25, -0.2) is 4.68 Å². The quantitative estimate of drug-likeness (QED) is 0.674. The second kappa shape index (κ2) is 6.05. The van der Waals surface area contributed by atoms with E-state index in [1.165, 1.54) is 0 Å². The molecule has 0 aliphatic carbocycles. The minimum absolute atomic E-state index is 0.00986. The van der Waals surface area contributed by atoms with E-state index in [1.54, 1.807) is 47.4 Å². The van der Waals surface area contributed by atoms with Gasteiger partial charge in [-0.3, -0.25) is 14.6 Å². The van der Waals surface area contributed by atoms with E-state index in [0.717, 1.165) is 5.69 Å². The zero-order valence-corrected chi connectivity index (χ0v) is 15.9. The van der Waals surface area contributed by atoms with Crippen LogP contribution in [0.4, 0.5) is 11.5 Å². The summed E-state index contributed by atoms with van der Waals surface area (Å²) in [5, 5.41) is 11.2. The molecule has 28 heavy (non-hydrogen) atoms. The van der Waals surface area contributed by atoms with Gasteiger partial charge in [-0.2, -0.15) is 5.10 Å². The van der Waals surface area contributed by atoms with E-state index in [9.17, 15) is 9.59 Å². The Morgan fingerprint density at radius 3 is 2.64 bits per heavy atom. The maximum absolute atomic E-state index is 13.0. The molecule has 5 rings (SSSR count). The SMILES string of the molecule is O=C1C[C@]2(C(=O)Nc3ccc(Cl)cc32)c2cnn(Cc3ccc(Cl)cn3)c2N1. The zero-order chi connectivity index (χ0) is 19.5. The largest absolute Gasteiger partial charge is 0.325 e. The van der Waals surface area contributed by atoms with Crippen molar-refractivity contribution in [1.29, 1.82) is 0 Å². The van der Waals surface area contributed by atoms with Gasteiger partial charge >= 0.3 is 0 Å². The second-order valence-electron chi connectivity index (χ2n) is 6.81. The van der Waals surface area contributed by atoms with E-state index in [2.05, 4.69) is 20.7 Å². The van der Waals surface area contributed by atoms with Gasteiger partial charge in [0.15, 0.2) is 0 Å². The number of rotatable bonds is 2. The Balaban J connectivity index is 1.65. The van der Waals surface area contributed by atoms with Crippen LogP contribution in [0.3, 0.4) is 0 Å². The number of benzene rings is 1. The van der Waals surface area contributed by atoms with Crippen LogP contribution in [-0.4, -0.2) is 26.6 Å². The van der Waals surface area contributed by atoms with Gasteiger partial charge < -0.3 is 10.6 Å². The number of hydrogen-bond donors (Lipinski definition) is 2. The summed E-state index contributed by atoms with van der Waals surface area (Å²) < 4.78 is 1.63. The number of pyridine rings is 1. The summed E-state index contributed by atoms with van der Waals surface area (Å²) in [6.45, 7) is 0.326. The molecule has 1 aromatic carbocycles. The lowest BCUT2D eigenvalue weighted by Crippen LogP contribution is -2.43. The van der Waals surface area contributed by atoms with Crippen molar-refractivity contribution in [2.45, 2.75) is 18.4 Å². The highest BCUT2D eigenvalue weighted by molar-refractivity contribution is 6.31. The molecule has 140 valence electrons. The Hall–Kier alpha value is -2.90. The van der Waals surface area contributed by atoms with Gasteiger partial charge in [0.25, 0.3) is 0 Å². The molecule has 0 bridgehead atoms. The molecule has 4 heterocycles. The number of aromatic nitrogens is 3. The first kappa shape index (κ1) is 17.2. The van der Waals surface area contributed by atoms with Gasteiger partial charge in [0, 0.05) is 28.9 Å². The number of carbonyl (C=O) groups excluding carboxylic acids is 2. The maximum Gasteiger partial charge on any atom is 0.240 e. The third kappa shape index (κ3) is 2.43. The van der Waals surface area contributed by atoms with Crippen molar-refractivity contribution < 1.29 is 9.59 Å². The number of nitrogens with zero attached hydrogens (tertiary/aromatic N) is 3. The molecule has 0 radical (unpaired) electrons. The van der Waals surface area contributed by atoms with E-state index in [1.807, 2.05) is 0 Å². The van der Waals surface area contributed by atoms with Gasteiger partial charge in [-0.05, 0) is 35.9 Å². The molecule has 7 nitrogen and oxygen atoms in total. The number of carbonyl (C=O) groups is 2. The highest BCUT2D eigenvalue weighted by atomic mass is 35.5. The summed E-state index contributed by atoms with van der Waals surface area (Å²) in [4.78, 5) is 29.9. The molecule has 2 aliphatic heterocycles. The van der Waals surface area contributed by atoms with Crippen molar-refractivity contribution in [3.05, 3.63) is 69.6 Å². The normalized spacial score (nSPS) is 19.9. The molecular weight excluding hydrogens is 401 g/mol. The Labute approximate surface area is 169 Å². The predicted octanol–water partition coefficient (Wildman–Crippen LogP) is 3.21. The van der Waals surface area contributed by atoms with Crippen LogP contribution in [-0.2, 0) is 21.5 Å². The molecule has 3 aromatic rings. The number of anilines is 2. The summed E-state index contributed by atoms with van der Waals surface area (Å²) in [5.74, 6) is -0.0395. The van der Waals surface area contributed by atoms with Crippen LogP contribution in [0.2, 0.25) is 10.0 Å². The highest BCUT2D eigenvalue weighted by Gasteiger charge is 2.54. The first-order chi connectivity index (χ1) is 13.5. The third-order valence-electron chi connectivity index (χ3n) is 5.16. The molecule has 2 N–H and O–H groups in total.